The van der Waals surface area contributed by atoms with Crippen LogP contribution in [0.5, 0.6) is 17.2 Å². The summed E-state index contributed by atoms with van der Waals surface area (Å²) in [6.07, 6.45) is 3.48. The fourth-order valence-corrected chi connectivity index (χ4v) is 5.11. The molecule has 0 spiro atoms. The molecule has 1 heterocycles. The zero-order chi connectivity index (χ0) is 28.2. The summed E-state index contributed by atoms with van der Waals surface area (Å²) >= 11 is 0. The lowest BCUT2D eigenvalue weighted by Crippen LogP contribution is -2.07. The molecular weight excluding hydrogens is 518 g/mol. The number of nitrogens with one attached hydrogen (secondary N) is 3. The Balaban J connectivity index is 1.28. The second-order valence-corrected chi connectivity index (χ2v) is 9.67. The first-order chi connectivity index (χ1) is 20.1. The van der Waals surface area contributed by atoms with Gasteiger partial charge >= 0.3 is 0 Å². The van der Waals surface area contributed by atoms with Gasteiger partial charge in [-0.1, -0.05) is 12.1 Å². The number of hydrogen-bond donors (Lipinski definition) is 3. The van der Waals surface area contributed by atoms with E-state index in [4.69, 9.17) is 24.4 Å². The Kier molecular flexibility index (Phi) is 7.36. The molecule has 0 aliphatic heterocycles. The first-order valence-electron chi connectivity index (χ1n) is 13.4. The van der Waals surface area contributed by atoms with Gasteiger partial charge in [0.25, 0.3) is 0 Å². The van der Waals surface area contributed by atoms with E-state index in [1.54, 1.807) is 27.4 Å². The number of rotatable bonds is 9. The standard InChI is InChI=1S/C31H31N7O3/c1-39-21-10-12-23-19(16-21)8-14-25(23)35-37-29-18-30(34-31(33-29)32-27-6-4-5-7-28(27)41-3)38-36-26-15-9-20-17-22(40-2)11-13-24(20)26/h4-7,10-13,16-18H,8-9,14-15H2,1-3H3,(H3,32,33,34,37,38). The Hall–Kier alpha value is -5.12. The highest BCUT2D eigenvalue weighted by atomic mass is 16.5. The first kappa shape index (κ1) is 26.1. The third-order valence-electron chi connectivity index (χ3n) is 7.20. The number of aryl methyl sites for hydroxylation is 2. The quantitative estimate of drug-likeness (QED) is 0.226. The minimum Gasteiger partial charge on any atom is -0.497 e. The van der Waals surface area contributed by atoms with Crippen molar-refractivity contribution in [1.29, 1.82) is 0 Å². The summed E-state index contributed by atoms with van der Waals surface area (Å²) in [5.41, 5.74) is 13.6. The van der Waals surface area contributed by atoms with Crippen LogP contribution in [-0.4, -0.2) is 42.7 Å². The number of aromatic nitrogens is 2. The van der Waals surface area contributed by atoms with Crippen molar-refractivity contribution in [2.24, 2.45) is 10.2 Å². The molecule has 41 heavy (non-hydrogen) atoms. The molecule has 1 aromatic heterocycles. The molecule has 0 amide bonds. The zero-order valence-electron chi connectivity index (χ0n) is 23.2. The monoisotopic (exact) mass is 549 g/mol. The summed E-state index contributed by atoms with van der Waals surface area (Å²) in [6.45, 7) is 0. The number of nitrogens with zero attached hydrogens (tertiary/aromatic N) is 4. The van der Waals surface area contributed by atoms with E-state index < -0.39 is 0 Å². The van der Waals surface area contributed by atoms with Gasteiger partial charge in [-0.25, -0.2) is 0 Å². The predicted octanol–water partition coefficient (Wildman–Crippen LogP) is 5.77. The van der Waals surface area contributed by atoms with Crippen LogP contribution in [-0.2, 0) is 12.8 Å². The molecule has 0 bridgehead atoms. The minimum atomic E-state index is 0.371. The fraction of sp³-hybridized carbons (Fsp3) is 0.226. The van der Waals surface area contributed by atoms with Crippen molar-refractivity contribution < 1.29 is 14.2 Å². The molecule has 2 aliphatic carbocycles. The fourth-order valence-electron chi connectivity index (χ4n) is 5.11. The number of hydrazone groups is 2. The van der Waals surface area contributed by atoms with Gasteiger partial charge in [-0.3, -0.25) is 10.9 Å². The van der Waals surface area contributed by atoms with E-state index in [2.05, 4.69) is 50.4 Å². The smallest absolute Gasteiger partial charge is 0.231 e. The molecule has 0 unspecified atom stereocenters. The van der Waals surface area contributed by atoms with Crippen molar-refractivity contribution >= 4 is 34.7 Å². The summed E-state index contributed by atoms with van der Waals surface area (Å²) in [7, 11) is 4.98. The highest BCUT2D eigenvalue weighted by molar-refractivity contribution is 6.05. The normalized spacial score (nSPS) is 15.4. The van der Waals surface area contributed by atoms with Gasteiger partial charge in [-0.15, -0.1) is 0 Å². The Labute approximate surface area is 238 Å². The molecule has 0 radical (unpaired) electrons. The van der Waals surface area contributed by atoms with Crippen LogP contribution in [0.4, 0.5) is 23.3 Å². The van der Waals surface area contributed by atoms with Gasteiger partial charge in [0.15, 0.2) is 11.6 Å². The number of fused-ring (bicyclic) bond motifs is 2. The molecule has 3 aromatic carbocycles. The van der Waals surface area contributed by atoms with Crippen molar-refractivity contribution in [3.8, 4) is 17.2 Å². The molecule has 0 atom stereocenters. The van der Waals surface area contributed by atoms with Crippen LogP contribution < -0.4 is 30.4 Å². The predicted molar refractivity (Wildman–Crippen MR) is 161 cm³/mol. The second kappa shape index (κ2) is 11.5. The minimum absolute atomic E-state index is 0.371. The first-order valence-corrected chi connectivity index (χ1v) is 13.4. The van der Waals surface area contributed by atoms with Gasteiger partial charge in [0, 0.05) is 17.2 Å². The van der Waals surface area contributed by atoms with Crippen LogP contribution in [0, 0.1) is 0 Å². The molecule has 10 nitrogen and oxygen atoms in total. The summed E-state index contributed by atoms with van der Waals surface area (Å²) < 4.78 is 16.2. The third kappa shape index (κ3) is 5.62. The number of ether oxygens (including phenoxy) is 3. The second-order valence-electron chi connectivity index (χ2n) is 9.67. The van der Waals surface area contributed by atoms with Gasteiger partial charge in [0.05, 0.1) is 38.4 Å². The maximum Gasteiger partial charge on any atom is 0.231 e. The lowest BCUT2D eigenvalue weighted by Gasteiger charge is -2.12. The summed E-state index contributed by atoms with van der Waals surface area (Å²) in [4.78, 5) is 9.33. The number of para-hydroxylation sites is 2. The van der Waals surface area contributed by atoms with Gasteiger partial charge in [-0.2, -0.15) is 20.2 Å². The number of hydrogen-bond acceptors (Lipinski definition) is 10. The van der Waals surface area contributed by atoms with Gasteiger partial charge < -0.3 is 19.5 Å². The van der Waals surface area contributed by atoms with E-state index in [-0.39, 0.29) is 0 Å². The van der Waals surface area contributed by atoms with E-state index in [0.717, 1.165) is 65.4 Å². The van der Waals surface area contributed by atoms with Crippen molar-refractivity contribution in [3.63, 3.8) is 0 Å². The van der Waals surface area contributed by atoms with Crippen molar-refractivity contribution in [3.05, 3.63) is 89.0 Å². The SMILES string of the molecule is COc1ccc2c(c1)CCC2=NNc1cc(NN=C2CCc3cc(OC)ccc32)nc(Nc2ccccc2OC)n1. The number of anilines is 4. The summed E-state index contributed by atoms with van der Waals surface area (Å²) in [5, 5.41) is 12.7. The summed E-state index contributed by atoms with van der Waals surface area (Å²) in [5.74, 6) is 3.79. The molecule has 6 rings (SSSR count). The summed E-state index contributed by atoms with van der Waals surface area (Å²) in [6, 6.07) is 21.5. The highest BCUT2D eigenvalue weighted by Crippen LogP contribution is 2.30. The molecule has 208 valence electrons. The van der Waals surface area contributed by atoms with Crippen molar-refractivity contribution in [2.45, 2.75) is 25.7 Å². The molecule has 0 fully saturated rings. The third-order valence-corrected chi connectivity index (χ3v) is 7.20. The van der Waals surface area contributed by atoms with Crippen LogP contribution in [0.1, 0.15) is 35.1 Å². The Bertz CT molecular complexity index is 1560. The zero-order valence-corrected chi connectivity index (χ0v) is 23.2. The molecule has 10 heteroatoms. The Morgan fingerprint density at radius 1 is 0.634 bits per heavy atom. The maximum atomic E-state index is 5.50. The van der Waals surface area contributed by atoms with Crippen LogP contribution >= 0.6 is 0 Å². The van der Waals surface area contributed by atoms with E-state index in [1.807, 2.05) is 36.4 Å². The van der Waals surface area contributed by atoms with E-state index >= 15 is 0 Å². The van der Waals surface area contributed by atoms with Crippen LogP contribution in [0.3, 0.4) is 0 Å². The van der Waals surface area contributed by atoms with Crippen LogP contribution in [0.2, 0.25) is 0 Å². The molecule has 2 aliphatic rings. The van der Waals surface area contributed by atoms with Gasteiger partial charge in [0.1, 0.15) is 17.2 Å². The largest absolute Gasteiger partial charge is 0.497 e. The van der Waals surface area contributed by atoms with Crippen LogP contribution in [0.15, 0.2) is 76.9 Å². The molecule has 0 saturated heterocycles. The average molecular weight is 550 g/mol. The molecule has 3 N–H and O–H groups in total. The molecular formula is C31H31N7O3. The van der Waals surface area contributed by atoms with Crippen molar-refractivity contribution in [2.75, 3.05) is 37.5 Å². The Morgan fingerprint density at radius 3 is 1.73 bits per heavy atom. The molecule has 4 aromatic rings. The number of methoxy groups -OCH3 is 3. The van der Waals surface area contributed by atoms with Gasteiger partial charge in [0.2, 0.25) is 5.95 Å². The topological polar surface area (TPSA) is 114 Å². The van der Waals surface area contributed by atoms with E-state index in [1.165, 1.54) is 11.1 Å². The van der Waals surface area contributed by atoms with Crippen LogP contribution in [0.25, 0.3) is 0 Å². The average Bonchev–Trinajstić information content (AvgIpc) is 3.62. The maximum absolute atomic E-state index is 5.50. The van der Waals surface area contributed by atoms with Crippen molar-refractivity contribution in [1.82, 2.24) is 9.97 Å². The number of benzene rings is 3. The molecule has 0 saturated carbocycles. The van der Waals surface area contributed by atoms with E-state index in [0.29, 0.717) is 23.3 Å². The highest BCUT2D eigenvalue weighted by Gasteiger charge is 2.20. The van der Waals surface area contributed by atoms with Gasteiger partial charge in [-0.05, 0) is 85.3 Å². The Morgan fingerprint density at radius 2 is 1.20 bits per heavy atom. The lowest BCUT2D eigenvalue weighted by atomic mass is 10.1. The lowest BCUT2D eigenvalue weighted by molar-refractivity contribution is 0.414. The van der Waals surface area contributed by atoms with E-state index in [9.17, 15) is 0 Å².